The van der Waals surface area contributed by atoms with Crippen LogP contribution in [0.4, 0.5) is 18.9 Å². The number of anilines is 1. The number of amides is 1. The maximum atomic E-state index is 13.2. The van der Waals surface area contributed by atoms with E-state index in [-0.39, 0.29) is 42.6 Å². The fourth-order valence-electron chi connectivity index (χ4n) is 3.73. The van der Waals surface area contributed by atoms with Gasteiger partial charge in [0, 0.05) is 21.5 Å². The minimum absolute atomic E-state index is 0.0222. The Hall–Kier alpha value is -2.24. The Morgan fingerprint density at radius 2 is 1.94 bits per heavy atom. The molecule has 1 unspecified atom stereocenters. The van der Waals surface area contributed by atoms with E-state index in [1.54, 1.807) is 37.4 Å². The molecule has 0 saturated carbocycles. The third-order valence-electron chi connectivity index (χ3n) is 5.21. The Labute approximate surface area is 218 Å². The molecule has 1 N–H and O–H groups in total. The average molecular weight is 593 g/mol. The number of alkyl halides is 3. The Morgan fingerprint density at radius 1 is 1.26 bits per heavy atom. The molecule has 2 aromatic carbocycles. The molecular weight excluding hydrogens is 571 g/mol. The van der Waals surface area contributed by atoms with E-state index in [1.807, 2.05) is 0 Å². The normalized spacial score (nSPS) is 17.8. The summed E-state index contributed by atoms with van der Waals surface area (Å²) < 4.78 is 45.8. The summed E-state index contributed by atoms with van der Waals surface area (Å²) in [4.78, 5) is 25.8. The Kier molecular flexibility index (Phi) is 8.76. The molecule has 0 fully saturated rings. The van der Waals surface area contributed by atoms with Gasteiger partial charge in [0.05, 0.1) is 29.4 Å². The Balaban J connectivity index is 1.96. The molecule has 0 aliphatic carbocycles. The predicted octanol–water partition coefficient (Wildman–Crippen LogP) is 5.69. The summed E-state index contributed by atoms with van der Waals surface area (Å²) >= 11 is 10.6. The average Bonchev–Trinajstić information content (AvgIpc) is 3.13. The van der Waals surface area contributed by atoms with Gasteiger partial charge in [0.15, 0.2) is 0 Å². The van der Waals surface area contributed by atoms with Gasteiger partial charge in [-0.1, -0.05) is 33.6 Å². The lowest BCUT2D eigenvalue weighted by atomic mass is 9.81. The fraction of sp³-hybridized carbons (Fsp3) is 0.348. The molecule has 0 aromatic heterocycles. The summed E-state index contributed by atoms with van der Waals surface area (Å²) in [6, 6.07) is 10.2. The molecule has 1 atom stereocenters. The van der Waals surface area contributed by atoms with Gasteiger partial charge < -0.3 is 10.1 Å². The molecule has 12 heteroatoms. The molecule has 1 aliphatic heterocycles. The number of rotatable bonds is 8. The fourth-order valence-corrected chi connectivity index (χ4v) is 5.12. The highest BCUT2D eigenvalue weighted by molar-refractivity contribution is 9.10. The first-order valence-corrected chi connectivity index (χ1v) is 13.0. The van der Waals surface area contributed by atoms with E-state index >= 15 is 0 Å². The second-order valence-electron chi connectivity index (χ2n) is 7.75. The Bertz CT molecular complexity index is 1130. The lowest BCUT2D eigenvalue weighted by molar-refractivity contribution is -0.150. The third kappa shape index (κ3) is 6.31. The zero-order valence-corrected chi connectivity index (χ0v) is 21.9. The highest BCUT2D eigenvalue weighted by Crippen LogP contribution is 2.39. The molecule has 1 aliphatic rings. The number of esters is 1. The van der Waals surface area contributed by atoms with Crippen LogP contribution in [0.25, 0.3) is 0 Å². The standard InChI is InChI=1S/C23H22BrClF3N3O3S/c1-3-34-21(33)22(13-35-2)12-31(11-19(32)29-16-7-5-15(24)6-8-16)30-20(22)14-4-9-17(18(25)10-14)23(26,27)28/h4-10H,3,11-13H2,1-2H3,(H,29,32). The number of halogens is 5. The van der Waals surface area contributed by atoms with Crippen LogP contribution < -0.4 is 5.32 Å². The van der Waals surface area contributed by atoms with E-state index in [2.05, 4.69) is 26.3 Å². The first-order chi connectivity index (χ1) is 16.5. The van der Waals surface area contributed by atoms with E-state index in [1.165, 1.54) is 22.8 Å². The van der Waals surface area contributed by atoms with Gasteiger partial charge in [0.1, 0.15) is 12.0 Å². The summed E-state index contributed by atoms with van der Waals surface area (Å²) in [5.74, 6) is -0.696. The van der Waals surface area contributed by atoms with Gasteiger partial charge in [-0.25, -0.2) is 0 Å². The first kappa shape index (κ1) is 27.3. The molecule has 0 bridgehead atoms. The number of hydrogen-bond donors (Lipinski definition) is 1. The minimum Gasteiger partial charge on any atom is -0.465 e. The van der Waals surface area contributed by atoms with Gasteiger partial charge in [0.2, 0.25) is 5.91 Å². The van der Waals surface area contributed by atoms with Crippen molar-refractivity contribution in [2.75, 3.05) is 37.0 Å². The minimum atomic E-state index is -4.62. The molecule has 0 radical (unpaired) electrons. The number of ether oxygens (including phenoxy) is 1. The number of nitrogens with zero attached hydrogens (tertiary/aromatic N) is 2. The summed E-state index contributed by atoms with van der Waals surface area (Å²) in [5, 5.41) is 8.16. The summed E-state index contributed by atoms with van der Waals surface area (Å²) in [5.41, 5.74) is -1.25. The lowest BCUT2D eigenvalue weighted by Gasteiger charge is -2.28. The van der Waals surface area contributed by atoms with Crippen molar-refractivity contribution in [3.05, 3.63) is 63.1 Å². The number of hydrogen-bond acceptors (Lipinski definition) is 6. The molecule has 35 heavy (non-hydrogen) atoms. The van der Waals surface area contributed by atoms with Crippen LogP contribution in [0.5, 0.6) is 0 Å². The third-order valence-corrected chi connectivity index (χ3v) is 6.83. The first-order valence-electron chi connectivity index (χ1n) is 10.4. The van der Waals surface area contributed by atoms with Crippen molar-refractivity contribution in [1.82, 2.24) is 5.01 Å². The summed E-state index contributed by atoms with van der Waals surface area (Å²) in [7, 11) is 0. The number of nitrogens with one attached hydrogen (secondary N) is 1. The molecule has 1 amide bonds. The van der Waals surface area contributed by atoms with Crippen LogP contribution in [-0.2, 0) is 20.5 Å². The van der Waals surface area contributed by atoms with Gasteiger partial charge in [-0.2, -0.15) is 30.0 Å². The molecular formula is C23H22BrClF3N3O3S. The van der Waals surface area contributed by atoms with Crippen LogP contribution in [0.1, 0.15) is 18.1 Å². The predicted molar refractivity (Wildman–Crippen MR) is 135 cm³/mol. The molecule has 3 rings (SSSR count). The zero-order valence-electron chi connectivity index (χ0n) is 18.8. The largest absolute Gasteiger partial charge is 0.465 e. The number of carbonyl (C=O) groups excluding carboxylic acids is 2. The van der Waals surface area contributed by atoms with Crippen LogP contribution in [0.15, 0.2) is 52.0 Å². The van der Waals surface area contributed by atoms with Crippen molar-refractivity contribution in [1.29, 1.82) is 0 Å². The zero-order chi connectivity index (χ0) is 25.8. The van der Waals surface area contributed by atoms with Gasteiger partial charge in [0.25, 0.3) is 0 Å². The van der Waals surface area contributed by atoms with Crippen molar-refractivity contribution < 1.29 is 27.5 Å². The van der Waals surface area contributed by atoms with Gasteiger partial charge in [-0.3, -0.25) is 14.6 Å². The monoisotopic (exact) mass is 591 g/mol. The van der Waals surface area contributed by atoms with E-state index in [0.717, 1.165) is 16.6 Å². The van der Waals surface area contributed by atoms with Gasteiger partial charge in [-0.05, 0) is 49.6 Å². The van der Waals surface area contributed by atoms with E-state index in [0.29, 0.717) is 5.69 Å². The van der Waals surface area contributed by atoms with Gasteiger partial charge >= 0.3 is 12.1 Å². The Morgan fingerprint density at radius 3 is 2.51 bits per heavy atom. The van der Waals surface area contributed by atoms with Gasteiger partial charge in [-0.15, -0.1) is 0 Å². The van der Waals surface area contributed by atoms with Crippen LogP contribution in [-0.4, -0.2) is 54.3 Å². The van der Waals surface area contributed by atoms with Crippen LogP contribution >= 0.6 is 39.3 Å². The highest BCUT2D eigenvalue weighted by atomic mass is 79.9. The van der Waals surface area contributed by atoms with Crippen LogP contribution in [0.2, 0.25) is 5.02 Å². The molecule has 0 spiro atoms. The van der Waals surface area contributed by atoms with Crippen LogP contribution in [0, 0.1) is 5.41 Å². The number of hydrazone groups is 1. The lowest BCUT2D eigenvalue weighted by Crippen LogP contribution is -2.46. The van der Waals surface area contributed by atoms with Crippen LogP contribution in [0.3, 0.4) is 0 Å². The smallest absolute Gasteiger partial charge is 0.417 e. The number of thioether (sulfide) groups is 1. The maximum absolute atomic E-state index is 13.2. The molecule has 188 valence electrons. The van der Waals surface area contributed by atoms with Crippen molar-refractivity contribution in [3.63, 3.8) is 0 Å². The summed E-state index contributed by atoms with van der Waals surface area (Å²) in [6.07, 6.45) is -2.83. The van der Waals surface area contributed by atoms with Crippen molar-refractivity contribution in [3.8, 4) is 0 Å². The second kappa shape index (κ2) is 11.2. The second-order valence-corrected chi connectivity index (χ2v) is 9.94. The van der Waals surface area contributed by atoms with E-state index in [4.69, 9.17) is 16.3 Å². The van der Waals surface area contributed by atoms with Crippen molar-refractivity contribution in [2.24, 2.45) is 10.5 Å². The number of benzene rings is 2. The topological polar surface area (TPSA) is 71.0 Å². The van der Waals surface area contributed by atoms with E-state index < -0.39 is 28.1 Å². The molecule has 6 nitrogen and oxygen atoms in total. The van der Waals surface area contributed by atoms with Crippen molar-refractivity contribution >= 4 is 62.6 Å². The summed E-state index contributed by atoms with van der Waals surface area (Å²) in [6.45, 7) is 1.62. The highest BCUT2D eigenvalue weighted by Gasteiger charge is 2.51. The maximum Gasteiger partial charge on any atom is 0.417 e. The number of carbonyl (C=O) groups is 2. The van der Waals surface area contributed by atoms with Crippen molar-refractivity contribution in [2.45, 2.75) is 13.1 Å². The molecule has 0 saturated heterocycles. The van der Waals surface area contributed by atoms with E-state index in [9.17, 15) is 22.8 Å². The quantitative estimate of drug-likeness (QED) is 0.399. The SMILES string of the molecule is CCOC(=O)C1(CSC)CN(CC(=O)Nc2ccc(Br)cc2)N=C1c1ccc(C(F)(F)F)c(Cl)c1. The molecule has 2 aromatic rings. The molecule has 1 heterocycles.